The van der Waals surface area contributed by atoms with Gasteiger partial charge in [-0.15, -0.1) is 0 Å². The largest absolute Gasteiger partial charge is 0.446 e. The van der Waals surface area contributed by atoms with Gasteiger partial charge in [0.15, 0.2) is 5.06 Å². The fraction of sp³-hybridized carbons (Fsp3) is 0.286. The molecule has 7 nitrogen and oxygen atoms in total. The van der Waals surface area contributed by atoms with Crippen LogP contribution in [0.4, 0.5) is 0 Å². The molecule has 3 aromatic rings. The van der Waals surface area contributed by atoms with Gasteiger partial charge in [0.25, 0.3) is 11.8 Å². The van der Waals surface area contributed by atoms with Gasteiger partial charge in [0.1, 0.15) is 5.75 Å². The first-order valence-corrected chi connectivity index (χ1v) is 11.0. The second-order valence-corrected chi connectivity index (χ2v) is 8.75. The van der Waals surface area contributed by atoms with E-state index in [4.69, 9.17) is 15.2 Å². The Balaban J connectivity index is 1.60. The number of aryl methyl sites for hydroxylation is 1. The van der Waals surface area contributed by atoms with E-state index in [0.717, 1.165) is 34.4 Å². The van der Waals surface area contributed by atoms with Gasteiger partial charge in [-0.1, -0.05) is 11.3 Å². The van der Waals surface area contributed by atoms with Crippen molar-refractivity contribution in [2.24, 2.45) is 5.73 Å². The van der Waals surface area contributed by atoms with Crippen LogP contribution in [0, 0.1) is 0 Å². The third-order valence-corrected chi connectivity index (χ3v) is 6.99. The summed E-state index contributed by atoms with van der Waals surface area (Å²) >= 11 is 2.66. The number of methoxy groups -OCH3 is 1. The van der Waals surface area contributed by atoms with Gasteiger partial charge >= 0.3 is 0 Å². The topological polar surface area (TPSA) is 94.7 Å². The quantitative estimate of drug-likeness (QED) is 0.602. The number of aromatic nitrogens is 1. The molecule has 1 aromatic carbocycles. The number of ether oxygens (including phenoxy) is 2. The number of nitrogens with two attached hydrogens (primary N) is 1. The van der Waals surface area contributed by atoms with Crippen LogP contribution < -0.4 is 10.5 Å². The number of likely N-dealkylation sites (N-methyl/N-ethyl adjacent to an activating group) is 1. The van der Waals surface area contributed by atoms with E-state index in [1.54, 1.807) is 43.3 Å². The molecule has 1 aliphatic carbocycles. The highest BCUT2D eigenvalue weighted by Crippen LogP contribution is 2.49. The molecular weight excluding hydrogens is 422 g/mol. The van der Waals surface area contributed by atoms with Crippen molar-refractivity contribution in [3.63, 3.8) is 0 Å². The Morgan fingerprint density at radius 3 is 2.70 bits per heavy atom. The van der Waals surface area contributed by atoms with E-state index in [1.807, 2.05) is 6.20 Å². The molecule has 4 rings (SSSR count). The molecule has 0 saturated carbocycles. The molecule has 9 heteroatoms. The zero-order valence-corrected chi connectivity index (χ0v) is 18.3. The van der Waals surface area contributed by atoms with Crippen molar-refractivity contribution in [2.45, 2.75) is 12.8 Å². The Morgan fingerprint density at radius 2 is 2.00 bits per heavy atom. The minimum atomic E-state index is -0.445. The summed E-state index contributed by atoms with van der Waals surface area (Å²) in [5.74, 6) is 0.0549. The Bertz CT molecular complexity index is 1090. The normalized spacial score (nSPS) is 12.2. The number of hydrogen-bond donors (Lipinski definition) is 1. The average molecular weight is 444 g/mol. The van der Waals surface area contributed by atoms with Gasteiger partial charge in [0, 0.05) is 32.5 Å². The van der Waals surface area contributed by atoms with Crippen molar-refractivity contribution in [3.8, 4) is 21.3 Å². The first-order chi connectivity index (χ1) is 14.5. The summed E-state index contributed by atoms with van der Waals surface area (Å²) in [6, 6.07) is 6.97. The number of fused-ring (bicyclic) bond motifs is 3. The van der Waals surface area contributed by atoms with E-state index in [-0.39, 0.29) is 5.91 Å². The number of primary amides is 1. The van der Waals surface area contributed by atoms with E-state index in [0.29, 0.717) is 34.4 Å². The van der Waals surface area contributed by atoms with E-state index >= 15 is 0 Å². The van der Waals surface area contributed by atoms with Gasteiger partial charge in [-0.3, -0.25) is 9.59 Å². The summed E-state index contributed by atoms with van der Waals surface area (Å²) in [5, 5.41) is 0.625. The van der Waals surface area contributed by atoms with Crippen LogP contribution >= 0.6 is 22.9 Å². The third kappa shape index (κ3) is 3.83. The minimum absolute atomic E-state index is 0.0857. The summed E-state index contributed by atoms with van der Waals surface area (Å²) in [4.78, 5) is 27.6. The summed E-state index contributed by atoms with van der Waals surface area (Å²) in [7, 11) is 3.34. The molecule has 30 heavy (non-hydrogen) atoms. The van der Waals surface area contributed by atoms with Gasteiger partial charge in [-0.25, -0.2) is 4.37 Å². The maximum atomic E-state index is 12.5. The lowest BCUT2D eigenvalue weighted by Gasteiger charge is -2.17. The Kier molecular flexibility index (Phi) is 5.85. The molecule has 2 N–H and O–H groups in total. The van der Waals surface area contributed by atoms with Crippen LogP contribution in [0.3, 0.4) is 0 Å². The molecule has 0 radical (unpaired) electrons. The van der Waals surface area contributed by atoms with Gasteiger partial charge in [-0.2, -0.15) is 0 Å². The molecule has 0 atom stereocenters. The molecule has 0 spiro atoms. The van der Waals surface area contributed by atoms with Crippen molar-refractivity contribution >= 4 is 34.7 Å². The van der Waals surface area contributed by atoms with Crippen molar-refractivity contribution in [2.75, 3.05) is 27.3 Å². The lowest BCUT2D eigenvalue weighted by molar-refractivity contribution is 0.0744. The number of carbonyl (C=O) groups excluding carboxylic acids is 2. The van der Waals surface area contributed by atoms with E-state index in [9.17, 15) is 9.59 Å². The lowest BCUT2D eigenvalue weighted by atomic mass is 9.93. The second-order valence-electron chi connectivity index (χ2n) is 6.96. The molecular formula is C21H21N3O4S2. The summed E-state index contributed by atoms with van der Waals surface area (Å²) in [6.07, 6.45) is 3.44. The third-order valence-electron chi connectivity index (χ3n) is 5.00. The monoisotopic (exact) mass is 443 g/mol. The molecule has 0 fully saturated rings. The van der Waals surface area contributed by atoms with Gasteiger partial charge in [0.2, 0.25) is 0 Å². The standard InChI is InChI=1S/C21H21N3O4S2/c1-24(9-10-27-2)20(26)12-3-6-14(7-4-12)28-21-16-15(18(29-21)19(22)25)8-5-13-11-23-30-17(13)16/h3-4,6-7,11H,5,8-10H2,1-2H3,(H2,22,25). The molecule has 0 saturated heterocycles. The molecule has 0 aliphatic heterocycles. The first-order valence-electron chi connectivity index (χ1n) is 9.41. The van der Waals surface area contributed by atoms with Crippen LogP contribution in [0.25, 0.3) is 10.4 Å². The van der Waals surface area contributed by atoms with Crippen LogP contribution in [0.15, 0.2) is 30.5 Å². The molecule has 0 bridgehead atoms. The number of nitrogens with zero attached hydrogens (tertiary/aromatic N) is 2. The van der Waals surface area contributed by atoms with Crippen molar-refractivity contribution in [1.29, 1.82) is 0 Å². The number of rotatable bonds is 7. The smallest absolute Gasteiger partial charge is 0.259 e. The first kappa shape index (κ1) is 20.5. The number of amides is 2. The van der Waals surface area contributed by atoms with Gasteiger partial charge in [0.05, 0.1) is 21.9 Å². The zero-order valence-electron chi connectivity index (χ0n) is 16.6. The second kappa shape index (κ2) is 8.55. The van der Waals surface area contributed by atoms with E-state index < -0.39 is 5.91 Å². The van der Waals surface area contributed by atoms with Crippen molar-refractivity contribution < 1.29 is 19.1 Å². The number of carbonyl (C=O) groups is 2. The van der Waals surface area contributed by atoms with Gasteiger partial charge in [-0.05, 0) is 59.8 Å². The van der Waals surface area contributed by atoms with E-state index in [1.165, 1.54) is 22.9 Å². The molecule has 156 valence electrons. The lowest BCUT2D eigenvalue weighted by Crippen LogP contribution is -2.29. The summed E-state index contributed by atoms with van der Waals surface area (Å²) in [6.45, 7) is 0.997. The molecule has 0 unspecified atom stereocenters. The predicted octanol–water partition coefficient (Wildman–Crippen LogP) is 3.58. The van der Waals surface area contributed by atoms with E-state index in [2.05, 4.69) is 4.37 Å². The zero-order chi connectivity index (χ0) is 21.3. The van der Waals surface area contributed by atoms with Crippen LogP contribution in [0.2, 0.25) is 0 Å². The highest BCUT2D eigenvalue weighted by Gasteiger charge is 2.30. The highest BCUT2D eigenvalue weighted by molar-refractivity contribution is 7.17. The Hall–Kier alpha value is -2.75. The summed E-state index contributed by atoms with van der Waals surface area (Å²) in [5.41, 5.74) is 9.18. The maximum absolute atomic E-state index is 12.5. The average Bonchev–Trinajstić information content (AvgIpc) is 3.36. The predicted molar refractivity (Wildman–Crippen MR) is 117 cm³/mol. The fourth-order valence-corrected chi connectivity index (χ4v) is 5.42. The molecule has 2 aromatic heterocycles. The number of hydrogen-bond acceptors (Lipinski definition) is 7. The van der Waals surface area contributed by atoms with Crippen molar-refractivity contribution in [3.05, 3.63) is 52.0 Å². The minimum Gasteiger partial charge on any atom is -0.446 e. The number of thiophene rings is 1. The fourth-order valence-electron chi connectivity index (χ4n) is 3.41. The Morgan fingerprint density at radius 1 is 1.23 bits per heavy atom. The van der Waals surface area contributed by atoms with Crippen LogP contribution in [-0.2, 0) is 17.6 Å². The van der Waals surface area contributed by atoms with Crippen LogP contribution in [0.5, 0.6) is 10.8 Å². The SMILES string of the molecule is COCCN(C)C(=O)c1ccc(Oc2sc(C(N)=O)c3c2-c2sncc2CC3)cc1. The highest BCUT2D eigenvalue weighted by atomic mass is 32.1. The number of benzene rings is 1. The van der Waals surface area contributed by atoms with Crippen LogP contribution in [-0.4, -0.2) is 48.4 Å². The van der Waals surface area contributed by atoms with Crippen molar-refractivity contribution in [1.82, 2.24) is 9.27 Å². The molecule has 2 amide bonds. The summed E-state index contributed by atoms with van der Waals surface area (Å²) < 4.78 is 15.5. The molecule has 1 aliphatic rings. The maximum Gasteiger partial charge on any atom is 0.259 e. The van der Waals surface area contributed by atoms with Crippen LogP contribution in [0.1, 0.15) is 31.2 Å². The Labute approximate surface area is 182 Å². The van der Waals surface area contributed by atoms with Gasteiger partial charge < -0.3 is 20.1 Å². The molecule has 2 heterocycles.